The number of carbonyl (C=O) groups is 1. The number of rotatable bonds is 3. The van der Waals surface area contributed by atoms with E-state index in [9.17, 15) is 9.59 Å². The predicted molar refractivity (Wildman–Crippen MR) is 89.8 cm³/mol. The number of fused-ring (bicyclic) bond motifs is 1. The van der Waals surface area contributed by atoms with E-state index < -0.39 is 5.63 Å². The summed E-state index contributed by atoms with van der Waals surface area (Å²) >= 11 is 5.89. The maximum absolute atomic E-state index is 12.2. The lowest BCUT2D eigenvalue weighted by molar-refractivity contribution is 0.0951. The molecular weight excluding hydrogens is 314 g/mol. The van der Waals surface area contributed by atoms with Gasteiger partial charge in [0, 0.05) is 28.6 Å². The molecular formula is C18H14ClNO3. The summed E-state index contributed by atoms with van der Waals surface area (Å²) < 4.78 is 5.20. The lowest BCUT2D eigenvalue weighted by atomic mass is 10.1. The Bertz CT molecular complexity index is 946. The molecule has 0 saturated carbocycles. The fraction of sp³-hybridized carbons (Fsp3) is 0.111. The van der Waals surface area contributed by atoms with Gasteiger partial charge in [0.15, 0.2) is 0 Å². The Kier molecular flexibility index (Phi) is 4.17. The lowest BCUT2D eigenvalue weighted by Gasteiger charge is -2.08. The van der Waals surface area contributed by atoms with Crippen LogP contribution in [0.2, 0.25) is 5.02 Å². The van der Waals surface area contributed by atoms with Crippen LogP contribution in [-0.2, 0) is 6.54 Å². The zero-order chi connectivity index (χ0) is 16.4. The van der Waals surface area contributed by atoms with E-state index in [1.807, 2.05) is 19.1 Å². The van der Waals surface area contributed by atoms with Crippen molar-refractivity contribution < 1.29 is 9.21 Å². The average Bonchev–Trinajstić information content (AvgIpc) is 2.51. The number of hydrogen-bond donors (Lipinski definition) is 1. The molecule has 0 fully saturated rings. The van der Waals surface area contributed by atoms with Gasteiger partial charge >= 0.3 is 5.63 Å². The summed E-state index contributed by atoms with van der Waals surface area (Å²) in [6.07, 6.45) is 0. The van der Waals surface area contributed by atoms with Gasteiger partial charge < -0.3 is 9.73 Å². The normalized spacial score (nSPS) is 10.7. The maximum Gasteiger partial charge on any atom is 0.336 e. The Morgan fingerprint density at radius 1 is 1.17 bits per heavy atom. The van der Waals surface area contributed by atoms with Crippen LogP contribution in [-0.4, -0.2) is 5.91 Å². The van der Waals surface area contributed by atoms with Gasteiger partial charge in [0.05, 0.1) is 0 Å². The third-order valence-electron chi connectivity index (χ3n) is 3.51. The van der Waals surface area contributed by atoms with Crippen molar-refractivity contribution in [1.82, 2.24) is 5.32 Å². The van der Waals surface area contributed by atoms with Crippen molar-refractivity contribution in [3.05, 3.63) is 80.7 Å². The van der Waals surface area contributed by atoms with Crippen molar-refractivity contribution in [2.75, 3.05) is 0 Å². The van der Waals surface area contributed by atoms with Crippen molar-refractivity contribution in [2.45, 2.75) is 13.5 Å². The second-order valence-corrected chi connectivity index (χ2v) is 5.72. The average molecular weight is 328 g/mol. The lowest BCUT2D eigenvalue weighted by Crippen LogP contribution is -2.23. The predicted octanol–water partition coefficient (Wildman–Crippen LogP) is 3.68. The standard InChI is InChI=1S/C18H14ClNO3/c1-11-5-6-15-13(9-17(21)23-16(15)7-11)10-20-18(22)12-3-2-4-14(19)8-12/h2-9H,10H2,1H3,(H,20,22). The molecule has 0 unspecified atom stereocenters. The largest absolute Gasteiger partial charge is 0.423 e. The van der Waals surface area contributed by atoms with Crippen LogP contribution in [0.5, 0.6) is 0 Å². The van der Waals surface area contributed by atoms with Crippen molar-refractivity contribution >= 4 is 28.5 Å². The number of halogens is 1. The number of benzene rings is 2. The first-order chi connectivity index (χ1) is 11.0. The van der Waals surface area contributed by atoms with Gasteiger partial charge in [0.2, 0.25) is 0 Å². The molecule has 5 heteroatoms. The van der Waals surface area contributed by atoms with Crippen LogP contribution in [0, 0.1) is 6.92 Å². The van der Waals surface area contributed by atoms with E-state index in [4.69, 9.17) is 16.0 Å². The second-order valence-electron chi connectivity index (χ2n) is 5.28. The summed E-state index contributed by atoms with van der Waals surface area (Å²) in [5, 5.41) is 4.10. The quantitative estimate of drug-likeness (QED) is 0.746. The van der Waals surface area contributed by atoms with E-state index >= 15 is 0 Å². The monoisotopic (exact) mass is 327 g/mol. The third kappa shape index (κ3) is 3.43. The van der Waals surface area contributed by atoms with Gasteiger partial charge in [-0.15, -0.1) is 0 Å². The van der Waals surface area contributed by atoms with Gasteiger partial charge in [-0.2, -0.15) is 0 Å². The van der Waals surface area contributed by atoms with Crippen LogP contribution in [0.1, 0.15) is 21.5 Å². The molecule has 3 rings (SSSR count). The number of aryl methyl sites for hydroxylation is 1. The Hall–Kier alpha value is -2.59. The Morgan fingerprint density at radius 3 is 2.78 bits per heavy atom. The van der Waals surface area contributed by atoms with Crippen molar-refractivity contribution in [1.29, 1.82) is 0 Å². The van der Waals surface area contributed by atoms with Crippen LogP contribution < -0.4 is 10.9 Å². The number of hydrogen-bond acceptors (Lipinski definition) is 3. The van der Waals surface area contributed by atoms with Crippen molar-refractivity contribution in [3.63, 3.8) is 0 Å². The molecule has 0 bridgehead atoms. The molecule has 1 heterocycles. The van der Waals surface area contributed by atoms with E-state index in [2.05, 4.69) is 5.32 Å². The minimum Gasteiger partial charge on any atom is -0.423 e. The zero-order valence-corrected chi connectivity index (χ0v) is 13.2. The summed E-state index contributed by atoms with van der Waals surface area (Å²) in [7, 11) is 0. The summed E-state index contributed by atoms with van der Waals surface area (Å²) in [6, 6.07) is 13.7. The number of nitrogens with one attached hydrogen (secondary N) is 1. The maximum atomic E-state index is 12.2. The molecule has 0 saturated heterocycles. The Balaban J connectivity index is 1.87. The van der Waals surface area contributed by atoms with Gasteiger partial charge in [0.1, 0.15) is 5.58 Å². The van der Waals surface area contributed by atoms with Gasteiger partial charge in [0.25, 0.3) is 5.91 Å². The molecule has 23 heavy (non-hydrogen) atoms. The highest BCUT2D eigenvalue weighted by atomic mass is 35.5. The van der Waals surface area contributed by atoms with Crippen molar-refractivity contribution in [3.8, 4) is 0 Å². The molecule has 2 aromatic carbocycles. The summed E-state index contributed by atoms with van der Waals surface area (Å²) in [4.78, 5) is 23.9. The van der Waals surface area contributed by atoms with Crippen LogP contribution in [0.3, 0.4) is 0 Å². The minimum atomic E-state index is -0.435. The van der Waals surface area contributed by atoms with Crippen LogP contribution >= 0.6 is 11.6 Å². The van der Waals surface area contributed by atoms with Crippen molar-refractivity contribution in [2.24, 2.45) is 0 Å². The number of amides is 1. The first-order valence-corrected chi connectivity index (χ1v) is 7.48. The molecule has 0 aliphatic rings. The first-order valence-electron chi connectivity index (χ1n) is 7.10. The van der Waals surface area contributed by atoms with Crippen LogP contribution in [0.15, 0.2) is 57.7 Å². The Labute approximate surface area is 137 Å². The van der Waals surface area contributed by atoms with Gasteiger partial charge in [-0.25, -0.2) is 4.79 Å². The molecule has 0 atom stereocenters. The summed E-state index contributed by atoms with van der Waals surface area (Å²) in [5.74, 6) is -0.249. The highest BCUT2D eigenvalue weighted by Crippen LogP contribution is 2.18. The van der Waals surface area contributed by atoms with E-state index in [0.29, 0.717) is 21.7 Å². The SMILES string of the molecule is Cc1ccc2c(CNC(=O)c3cccc(Cl)c3)cc(=O)oc2c1. The fourth-order valence-corrected chi connectivity index (χ4v) is 2.58. The van der Waals surface area contributed by atoms with Gasteiger partial charge in [-0.05, 0) is 42.3 Å². The first kappa shape index (κ1) is 15.3. The topological polar surface area (TPSA) is 59.3 Å². The van der Waals surface area contributed by atoms with E-state index in [-0.39, 0.29) is 12.5 Å². The van der Waals surface area contributed by atoms with Gasteiger partial charge in [-0.3, -0.25) is 4.79 Å². The smallest absolute Gasteiger partial charge is 0.336 e. The highest BCUT2D eigenvalue weighted by molar-refractivity contribution is 6.30. The second kappa shape index (κ2) is 6.26. The molecule has 1 aromatic heterocycles. The Morgan fingerprint density at radius 2 is 2.00 bits per heavy atom. The third-order valence-corrected chi connectivity index (χ3v) is 3.75. The molecule has 0 aliphatic carbocycles. The molecule has 3 aromatic rings. The molecule has 4 nitrogen and oxygen atoms in total. The molecule has 0 aliphatic heterocycles. The van der Waals surface area contributed by atoms with E-state index in [1.165, 1.54) is 6.07 Å². The molecule has 1 amide bonds. The number of carbonyl (C=O) groups excluding carboxylic acids is 1. The molecule has 116 valence electrons. The van der Waals surface area contributed by atoms with E-state index in [1.54, 1.807) is 30.3 Å². The van der Waals surface area contributed by atoms with Crippen LogP contribution in [0.25, 0.3) is 11.0 Å². The van der Waals surface area contributed by atoms with Gasteiger partial charge in [-0.1, -0.05) is 29.8 Å². The fourth-order valence-electron chi connectivity index (χ4n) is 2.39. The highest BCUT2D eigenvalue weighted by Gasteiger charge is 2.09. The van der Waals surface area contributed by atoms with E-state index in [0.717, 1.165) is 10.9 Å². The zero-order valence-electron chi connectivity index (χ0n) is 12.4. The molecule has 0 spiro atoms. The molecule has 0 radical (unpaired) electrons. The van der Waals surface area contributed by atoms with Crippen LogP contribution in [0.4, 0.5) is 0 Å². The summed E-state index contributed by atoms with van der Waals surface area (Å²) in [5.41, 5.74) is 2.27. The minimum absolute atomic E-state index is 0.233. The summed E-state index contributed by atoms with van der Waals surface area (Å²) in [6.45, 7) is 2.16. The molecule has 1 N–H and O–H groups in total.